The van der Waals surface area contributed by atoms with Crippen LogP contribution in [-0.4, -0.2) is 54.0 Å². The van der Waals surface area contributed by atoms with Gasteiger partial charge in [-0.15, -0.1) is 0 Å². The van der Waals surface area contributed by atoms with Crippen LogP contribution < -0.4 is 15.5 Å². The molecule has 3 N–H and O–H groups in total. The second-order valence-corrected chi connectivity index (χ2v) is 10.4. The molecule has 40 heavy (non-hydrogen) atoms. The highest BCUT2D eigenvalue weighted by atomic mass is 19.1. The number of piperidine rings is 1. The third-order valence-electron chi connectivity index (χ3n) is 7.75. The van der Waals surface area contributed by atoms with Crippen molar-refractivity contribution in [3.63, 3.8) is 0 Å². The molecule has 204 valence electrons. The van der Waals surface area contributed by atoms with Crippen LogP contribution in [0.3, 0.4) is 0 Å². The Kier molecular flexibility index (Phi) is 6.81. The maximum atomic E-state index is 13.8. The number of fused-ring (bicyclic) bond motifs is 2. The highest BCUT2D eigenvalue weighted by molar-refractivity contribution is 6.37. The minimum atomic E-state index is -1.09. The van der Waals surface area contributed by atoms with Gasteiger partial charge >= 0.3 is 5.97 Å². The van der Waals surface area contributed by atoms with E-state index in [1.54, 1.807) is 18.2 Å². The van der Waals surface area contributed by atoms with E-state index in [9.17, 15) is 23.9 Å². The monoisotopic (exact) mass is 540 g/mol. The van der Waals surface area contributed by atoms with E-state index in [1.165, 1.54) is 30.7 Å². The molecule has 1 saturated heterocycles. The first-order chi connectivity index (χ1) is 19.4. The number of nitrogens with zero attached hydrogens (tertiary/aromatic N) is 2. The van der Waals surface area contributed by atoms with Gasteiger partial charge in [0.1, 0.15) is 5.82 Å². The molecule has 2 amide bonds. The Bertz CT molecular complexity index is 1540. The van der Waals surface area contributed by atoms with Crippen LogP contribution in [0.5, 0.6) is 0 Å². The van der Waals surface area contributed by atoms with Crippen molar-refractivity contribution in [2.75, 3.05) is 41.7 Å². The Hall–Kier alpha value is -4.50. The van der Waals surface area contributed by atoms with Crippen LogP contribution in [0.2, 0.25) is 0 Å². The molecule has 0 aromatic heterocycles. The average Bonchev–Trinajstić information content (AvgIpc) is 3.52. The molecule has 9 heteroatoms. The summed E-state index contributed by atoms with van der Waals surface area (Å²) in [5, 5.41) is 15.5. The molecule has 0 spiro atoms. The molecule has 3 aromatic carbocycles. The smallest absolute Gasteiger partial charge is 0.335 e. The quantitative estimate of drug-likeness (QED) is 0.387. The summed E-state index contributed by atoms with van der Waals surface area (Å²) in [6.45, 7) is 2.98. The van der Waals surface area contributed by atoms with Gasteiger partial charge in [-0.3, -0.25) is 14.5 Å². The van der Waals surface area contributed by atoms with E-state index in [1.807, 2.05) is 23.1 Å². The van der Waals surface area contributed by atoms with Gasteiger partial charge in [0.2, 0.25) is 5.91 Å². The fourth-order valence-corrected chi connectivity index (χ4v) is 5.73. The summed E-state index contributed by atoms with van der Waals surface area (Å²) in [7, 11) is 0. The average molecular weight is 541 g/mol. The van der Waals surface area contributed by atoms with Crippen LogP contribution in [-0.2, 0) is 16.0 Å². The zero-order valence-electron chi connectivity index (χ0n) is 21.9. The number of hydrogen-bond donors (Lipinski definition) is 3. The molecular formula is C31H29FN4O4. The lowest BCUT2D eigenvalue weighted by atomic mass is 9.98. The predicted octanol–water partition coefficient (Wildman–Crippen LogP) is 4.83. The zero-order chi connectivity index (χ0) is 27.8. The summed E-state index contributed by atoms with van der Waals surface area (Å²) in [6.07, 6.45) is 4.21. The Morgan fingerprint density at radius 1 is 0.925 bits per heavy atom. The van der Waals surface area contributed by atoms with Crippen molar-refractivity contribution in [2.45, 2.75) is 25.7 Å². The van der Waals surface area contributed by atoms with Crippen molar-refractivity contribution in [3.05, 3.63) is 88.7 Å². The summed E-state index contributed by atoms with van der Waals surface area (Å²) in [5.41, 5.74) is 5.06. The van der Waals surface area contributed by atoms with Crippen molar-refractivity contribution in [1.82, 2.24) is 4.90 Å². The van der Waals surface area contributed by atoms with E-state index in [2.05, 4.69) is 15.5 Å². The minimum Gasteiger partial charge on any atom is -0.478 e. The molecule has 1 fully saturated rings. The molecule has 0 aliphatic carbocycles. The Morgan fingerprint density at radius 2 is 1.68 bits per heavy atom. The highest BCUT2D eigenvalue weighted by Gasteiger charge is 2.30. The maximum Gasteiger partial charge on any atom is 0.335 e. The number of anilines is 3. The topological polar surface area (TPSA) is 102 Å². The number of carbonyl (C=O) groups excluding carboxylic acids is 2. The largest absolute Gasteiger partial charge is 0.478 e. The number of carboxylic acids is 1. The third-order valence-corrected chi connectivity index (χ3v) is 7.75. The normalized spacial score (nSPS) is 17.7. The summed E-state index contributed by atoms with van der Waals surface area (Å²) < 4.78 is 13.8. The number of halogens is 1. The molecule has 3 aromatic rings. The number of nitrogens with one attached hydrogen (secondary N) is 2. The Morgan fingerprint density at radius 3 is 2.42 bits per heavy atom. The molecule has 8 nitrogen and oxygen atoms in total. The van der Waals surface area contributed by atoms with E-state index >= 15 is 0 Å². The highest BCUT2D eigenvalue weighted by Crippen LogP contribution is 2.39. The van der Waals surface area contributed by atoms with E-state index in [4.69, 9.17) is 0 Å². The number of benzene rings is 3. The number of aromatic carboxylic acids is 1. The number of likely N-dealkylation sites (tertiary alicyclic amines) is 1. The summed E-state index contributed by atoms with van der Waals surface area (Å²) in [4.78, 5) is 41.8. The number of carboxylic acid groups (broad SMARTS) is 1. The number of hydrogen-bond acceptors (Lipinski definition) is 5. The van der Waals surface area contributed by atoms with Gasteiger partial charge in [-0.1, -0.05) is 12.5 Å². The van der Waals surface area contributed by atoms with Gasteiger partial charge in [0.15, 0.2) is 0 Å². The van der Waals surface area contributed by atoms with Crippen LogP contribution in [0, 0.1) is 5.82 Å². The molecule has 6 rings (SSSR count). The molecule has 0 bridgehead atoms. The van der Waals surface area contributed by atoms with Gasteiger partial charge in [0, 0.05) is 23.5 Å². The van der Waals surface area contributed by atoms with Gasteiger partial charge in [-0.2, -0.15) is 0 Å². The molecule has 3 heterocycles. The molecule has 0 unspecified atom stereocenters. The molecular weight excluding hydrogens is 511 g/mol. The van der Waals surface area contributed by atoms with Crippen molar-refractivity contribution in [3.8, 4) is 0 Å². The van der Waals surface area contributed by atoms with Crippen molar-refractivity contribution >= 4 is 46.1 Å². The van der Waals surface area contributed by atoms with E-state index in [0.29, 0.717) is 41.2 Å². The first-order valence-corrected chi connectivity index (χ1v) is 13.5. The standard InChI is InChI=1S/C31H29FN4O4/c32-22-7-4-19(5-8-22)29(28-24-10-6-21(31(39)40)17-25(24)34-30(28)38)33-23-9-11-26-20(16-23)12-15-36(26)27(37)18-35-13-2-1-3-14-35/h4-11,16-17,33H,1-3,12-15,18H2,(H,34,38)(H,39,40)/b29-28-. The third kappa shape index (κ3) is 4.96. The molecule has 0 radical (unpaired) electrons. The van der Waals surface area contributed by atoms with Crippen LogP contribution in [0.1, 0.15) is 46.3 Å². The fourth-order valence-electron chi connectivity index (χ4n) is 5.73. The summed E-state index contributed by atoms with van der Waals surface area (Å²) in [5.74, 6) is -1.77. The molecule has 3 aliphatic heterocycles. The van der Waals surface area contributed by atoms with E-state index in [0.717, 1.165) is 49.3 Å². The van der Waals surface area contributed by atoms with E-state index in [-0.39, 0.29) is 17.4 Å². The van der Waals surface area contributed by atoms with Gasteiger partial charge in [0.25, 0.3) is 5.91 Å². The zero-order valence-corrected chi connectivity index (χ0v) is 21.9. The van der Waals surface area contributed by atoms with Gasteiger partial charge in [-0.05, 0) is 98.1 Å². The predicted molar refractivity (Wildman–Crippen MR) is 152 cm³/mol. The summed E-state index contributed by atoms with van der Waals surface area (Å²) in [6, 6.07) is 16.1. The second kappa shape index (κ2) is 10.6. The van der Waals surface area contributed by atoms with Gasteiger partial charge in [-0.25, -0.2) is 9.18 Å². The number of amides is 2. The number of rotatable bonds is 6. The lowest BCUT2D eigenvalue weighted by molar-refractivity contribution is -0.119. The lowest BCUT2D eigenvalue weighted by Gasteiger charge is -2.28. The van der Waals surface area contributed by atoms with Gasteiger partial charge < -0.3 is 20.6 Å². The molecule has 0 atom stereocenters. The van der Waals surface area contributed by atoms with Crippen LogP contribution in [0.4, 0.5) is 21.5 Å². The van der Waals surface area contributed by atoms with E-state index < -0.39 is 11.8 Å². The SMILES string of the molecule is O=C1Nc2cc(C(=O)O)ccc2/C1=C(/Nc1ccc2c(c1)CCN2C(=O)CN1CCCCC1)c1ccc(F)cc1. The van der Waals surface area contributed by atoms with Crippen LogP contribution in [0.15, 0.2) is 60.7 Å². The van der Waals surface area contributed by atoms with Crippen molar-refractivity contribution in [1.29, 1.82) is 0 Å². The number of carbonyl (C=O) groups is 3. The van der Waals surface area contributed by atoms with Crippen LogP contribution >= 0.6 is 0 Å². The minimum absolute atomic E-state index is 0.0644. The lowest BCUT2D eigenvalue weighted by Crippen LogP contribution is -2.41. The summed E-state index contributed by atoms with van der Waals surface area (Å²) >= 11 is 0. The molecule has 0 saturated carbocycles. The fraction of sp³-hybridized carbons (Fsp3) is 0.258. The first kappa shape index (κ1) is 25.8. The second-order valence-electron chi connectivity index (χ2n) is 10.4. The molecule has 3 aliphatic rings. The Balaban J connectivity index is 1.32. The first-order valence-electron chi connectivity index (χ1n) is 13.5. The van der Waals surface area contributed by atoms with Crippen molar-refractivity contribution in [2.24, 2.45) is 0 Å². The van der Waals surface area contributed by atoms with Crippen LogP contribution in [0.25, 0.3) is 11.3 Å². The maximum absolute atomic E-state index is 13.8. The van der Waals surface area contributed by atoms with Crippen molar-refractivity contribution < 1.29 is 23.9 Å². The van der Waals surface area contributed by atoms with Gasteiger partial charge in [0.05, 0.1) is 29.1 Å². The Labute approximate surface area is 231 Å².